The van der Waals surface area contributed by atoms with Gasteiger partial charge in [0.15, 0.2) is 0 Å². The third kappa shape index (κ3) is 4.11. The first-order valence-corrected chi connectivity index (χ1v) is 7.58. The Bertz CT molecular complexity index is 337. The fourth-order valence-electron chi connectivity index (χ4n) is 1.95. The highest BCUT2D eigenvalue weighted by atomic mass is 32.2. The zero-order valence-electron chi connectivity index (χ0n) is 10.4. The number of rotatable bonds is 5. The number of nitrogens with zero attached hydrogens (tertiary/aromatic N) is 1. The Labute approximate surface area is 108 Å². The molecule has 0 amide bonds. The van der Waals surface area contributed by atoms with E-state index in [0.29, 0.717) is 6.04 Å². The van der Waals surface area contributed by atoms with Gasteiger partial charge in [0.1, 0.15) is 5.82 Å². The highest BCUT2D eigenvalue weighted by molar-refractivity contribution is 7.99. The largest absolute Gasteiger partial charge is 0.382 e. The molecular formula is C13H21N3S. The zero-order chi connectivity index (χ0) is 11.9. The van der Waals surface area contributed by atoms with Gasteiger partial charge < -0.3 is 10.6 Å². The smallest absolute Gasteiger partial charge is 0.127 e. The summed E-state index contributed by atoms with van der Waals surface area (Å²) in [7, 11) is 0. The van der Waals surface area contributed by atoms with E-state index >= 15 is 0 Å². The van der Waals surface area contributed by atoms with E-state index in [1.54, 1.807) is 0 Å². The first-order valence-electron chi connectivity index (χ1n) is 6.42. The van der Waals surface area contributed by atoms with Gasteiger partial charge >= 0.3 is 0 Å². The van der Waals surface area contributed by atoms with Gasteiger partial charge in [0.2, 0.25) is 0 Å². The summed E-state index contributed by atoms with van der Waals surface area (Å²) >= 11 is 2.06. The van der Waals surface area contributed by atoms with Crippen molar-refractivity contribution >= 4 is 23.3 Å². The molecule has 0 aliphatic carbocycles. The normalized spacial score (nSPS) is 16.8. The summed E-state index contributed by atoms with van der Waals surface area (Å²) < 4.78 is 0. The standard InChI is InChI=1S/C13H21N3S/c1-2-6-14-13-10-12(3-7-15-13)16-11-4-8-17-9-5-11/h3,7,10-11H,2,4-6,8-9H2,1H3,(H2,14,15,16). The molecule has 0 atom stereocenters. The number of pyridine rings is 1. The van der Waals surface area contributed by atoms with Crippen molar-refractivity contribution in [1.29, 1.82) is 0 Å². The molecule has 0 radical (unpaired) electrons. The first kappa shape index (κ1) is 12.6. The molecule has 0 saturated carbocycles. The van der Waals surface area contributed by atoms with Crippen molar-refractivity contribution in [1.82, 2.24) is 4.98 Å². The maximum absolute atomic E-state index is 4.31. The summed E-state index contributed by atoms with van der Waals surface area (Å²) in [4.78, 5) is 4.31. The van der Waals surface area contributed by atoms with Crippen LogP contribution in [-0.4, -0.2) is 29.1 Å². The minimum atomic E-state index is 0.637. The van der Waals surface area contributed by atoms with Gasteiger partial charge in [-0.2, -0.15) is 11.8 Å². The molecule has 1 aromatic rings. The van der Waals surface area contributed by atoms with Crippen LogP contribution >= 0.6 is 11.8 Å². The molecule has 2 rings (SSSR count). The molecule has 0 unspecified atom stereocenters. The molecule has 1 aliphatic rings. The SMILES string of the molecule is CCCNc1cc(NC2CCSCC2)ccn1. The molecule has 94 valence electrons. The average Bonchev–Trinajstić information content (AvgIpc) is 2.38. The van der Waals surface area contributed by atoms with Crippen LogP contribution in [0.3, 0.4) is 0 Å². The number of hydrogen-bond donors (Lipinski definition) is 2. The Morgan fingerprint density at radius 2 is 2.24 bits per heavy atom. The molecule has 0 aromatic carbocycles. The summed E-state index contributed by atoms with van der Waals surface area (Å²) in [5, 5.41) is 6.92. The number of hydrogen-bond acceptors (Lipinski definition) is 4. The van der Waals surface area contributed by atoms with E-state index in [0.717, 1.165) is 18.8 Å². The summed E-state index contributed by atoms with van der Waals surface area (Å²) in [6.07, 6.45) is 5.53. The second kappa shape index (κ2) is 6.74. The van der Waals surface area contributed by atoms with Gasteiger partial charge in [-0.3, -0.25) is 0 Å². The number of aromatic nitrogens is 1. The lowest BCUT2D eigenvalue weighted by Crippen LogP contribution is -2.24. The number of anilines is 2. The first-order chi connectivity index (χ1) is 8.38. The average molecular weight is 251 g/mol. The minimum absolute atomic E-state index is 0.637. The lowest BCUT2D eigenvalue weighted by molar-refractivity contribution is 0.667. The van der Waals surface area contributed by atoms with Crippen LogP contribution in [0, 0.1) is 0 Å². The van der Waals surface area contributed by atoms with Gasteiger partial charge in [0.05, 0.1) is 0 Å². The zero-order valence-corrected chi connectivity index (χ0v) is 11.2. The van der Waals surface area contributed by atoms with Gasteiger partial charge in [-0.1, -0.05) is 6.92 Å². The van der Waals surface area contributed by atoms with Crippen LogP contribution in [0.25, 0.3) is 0 Å². The molecule has 1 saturated heterocycles. The highest BCUT2D eigenvalue weighted by Crippen LogP contribution is 2.21. The maximum atomic E-state index is 4.31. The third-order valence-corrected chi connectivity index (χ3v) is 3.96. The van der Waals surface area contributed by atoms with Crippen LogP contribution in [0.2, 0.25) is 0 Å². The van der Waals surface area contributed by atoms with Crippen LogP contribution in [0.4, 0.5) is 11.5 Å². The molecule has 4 heteroatoms. The van der Waals surface area contributed by atoms with E-state index in [1.807, 2.05) is 6.20 Å². The van der Waals surface area contributed by atoms with Crippen molar-refractivity contribution in [3.63, 3.8) is 0 Å². The van der Waals surface area contributed by atoms with Gasteiger partial charge in [0, 0.05) is 30.5 Å². The predicted molar refractivity (Wildman–Crippen MR) is 77.0 cm³/mol. The van der Waals surface area contributed by atoms with E-state index in [2.05, 4.69) is 46.4 Å². The molecule has 1 fully saturated rings. The molecule has 2 heterocycles. The second-order valence-electron chi connectivity index (χ2n) is 4.39. The van der Waals surface area contributed by atoms with E-state index in [1.165, 1.54) is 30.0 Å². The lowest BCUT2D eigenvalue weighted by Gasteiger charge is -2.23. The molecule has 1 aromatic heterocycles. The molecule has 1 aliphatic heterocycles. The Kier molecular flexibility index (Phi) is 4.98. The van der Waals surface area contributed by atoms with Crippen LogP contribution in [-0.2, 0) is 0 Å². The summed E-state index contributed by atoms with van der Waals surface area (Å²) in [6, 6.07) is 4.80. The van der Waals surface area contributed by atoms with E-state index in [9.17, 15) is 0 Å². The van der Waals surface area contributed by atoms with Crippen molar-refractivity contribution in [2.75, 3.05) is 28.7 Å². The fraction of sp³-hybridized carbons (Fsp3) is 0.615. The van der Waals surface area contributed by atoms with Crippen molar-refractivity contribution in [2.24, 2.45) is 0 Å². The number of nitrogens with one attached hydrogen (secondary N) is 2. The monoisotopic (exact) mass is 251 g/mol. The van der Waals surface area contributed by atoms with E-state index in [-0.39, 0.29) is 0 Å². The Morgan fingerprint density at radius 3 is 3.00 bits per heavy atom. The Balaban J connectivity index is 1.90. The predicted octanol–water partition coefficient (Wildman–Crippen LogP) is 3.21. The molecule has 0 spiro atoms. The van der Waals surface area contributed by atoms with Crippen LogP contribution in [0.1, 0.15) is 26.2 Å². The molecular weight excluding hydrogens is 230 g/mol. The molecule has 17 heavy (non-hydrogen) atoms. The third-order valence-electron chi connectivity index (χ3n) is 2.91. The van der Waals surface area contributed by atoms with Crippen LogP contribution in [0.15, 0.2) is 18.3 Å². The van der Waals surface area contributed by atoms with Crippen molar-refractivity contribution in [2.45, 2.75) is 32.2 Å². The summed E-state index contributed by atoms with van der Waals surface area (Å²) in [5.74, 6) is 3.54. The van der Waals surface area contributed by atoms with Gasteiger partial charge in [0.25, 0.3) is 0 Å². The molecule has 2 N–H and O–H groups in total. The molecule has 3 nitrogen and oxygen atoms in total. The topological polar surface area (TPSA) is 37.0 Å². The van der Waals surface area contributed by atoms with Crippen LogP contribution < -0.4 is 10.6 Å². The summed E-state index contributed by atoms with van der Waals surface area (Å²) in [5.41, 5.74) is 1.19. The van der Waals surface area contributed by atoms with Gasteiger partial charge in [-0.15, -0.1) is 0 Å². The van der Waals surface area contributed by atoms with E-state index < -0.39 is 0 Å². The summed E-state index contributed by atoms with van der Waals surface area (Å²) in [6.45, 7) is 3.14. The fourth-order valence-corrected chi connectivity index (χ4v) is 3.05. The molecule has 0 bridgehead atoms. The maximum Gasteiger partial charge on any atom is 0.127 e. The van der Waals surface area contributed by atoms with Gasteiger partial charge in [-0.25, -0.2) is 4.98 Å². The van der Waals surface area contributed by atoms with Crippen molar-refractivity contribution < 1.29 is 0 Å². The Hall–Kier alpha value is -0.900. The van der Waals surface area contributed by atoms with Crippen molar-refractivity contribution in [3.8, 4) is 0 Å². The Morgan fingerprint density at radius 1 is 1.41 bits per heavy atom. The van der Waals surface area contributed by atoms with E-state index in [4.69, 9.17) is 0 Å². The van der Waals surface area contributed by atoms with Crippen molar-refractivity contribution in [3.05, 3.63) is 18.3 Å². The van der Waals surface area contributed by atoms with Gasteiger partial charge in [-0.05, 0) is 36.8 Å². The minimum Gasteiger partial charge on any atom is -0.382 e. The number of thioether (sulfide) groups is 1. The van der Waals surface area contributed by atoms with Crippen LogP contribution in [0.5, 0.6) is 0 Å². The highest BCUT2D eigenvalue weighted by Gasteiger charge is 2.13. The second-order valence-corrected chi connectivity index (χ2v) is 5.61. The lowest BCUT2D eigenvalue weighted by atomic mass is 10.1. The quantitative estimate of drug-likeness (QED) is 0.842.